The van der Waals surface area contributed by atoms with Gasteiger partial charge < -0.3 is 24.6 Å². The van der Waals surface area contributed by atoms with E-state index in [4.69, 9.17) is 19.6 Å². The van der Waals surface area contributed by atoms with Crippen LogP contribution in [0.3, 0.4) is 0 Å². The highest BCUT2D eigenvalue weighted by atomic mass is 16.7. The monoisotopic (exact) mass is 467 g/mol. The zero-order valence-electron chi connectivity index (χ0n) is 20.0. The molecule has 5 atom stereocenters. The van der Waals surface area contributed by atoms with E-state index in [1.165, 1.54) is 0 Å². The first-order chi connectivity index (χ1) is 16.3. The molecule has 5 rings (SSSR count). The first-order valence-electron chi connectivity index (χ1n) is 11.7. The lowest BCUT2D eigenvalue weighted by Gasteiger charge is -2.56. The van der Waals surface area contributed by atoms with E-state index in [1.54, 1.807) is 10.6 Å². The molecule has 1 spiro atoms. The first kappa shape index (κ1) is 22.7. The number of likely N-dealkylation sites (N-methyl/N-ethyl adjacent to an activating group) is 1. The summed E-state index contributed by atoms with van der Waals surface area (Å²) < 4.78 is 13.5. The fourth-order valence-electron chi connectivity index (χ4n) is 6.32. The average Bonchev–Trinajstić information content (AvgIpc) is 3.15. The maximum Gasteiger partial charge on any atom is 0.396 e. The molecule has 0 aromatic heterocycles. The first-order valence-corrected chi connectivity index (χ1v) is 11.7. The standard InChI is InChI=1S/C25H30N4O5/c1-5-32-20(8-10-26)27-34-24(28(2)3)15-13-19(31)22-21-14(15)12-17-16-6-7-18(30)23(33-22)25(16,21)9-11-29(17)4/h6-7,13,16-18,23,30H,5,8-9,11-12H2,1-4H3/p+1/t16-,17+,18-,23-,25-/m0/s1. The number of rotatable bonds is 4. The number of phenols is 1. The summed E-state index contributed by atoms with van der Waals surface area (Å²) in [6, 6.07) is 3.92. The van der Waals surface area contributed by atoms with Crippen LogP contribution < -0.4 is 4.74 Å². The van der Waals surface area contributed by atoms with E-state index in [2.05, 4.69) is 23.2 Å². The van der Waals surface area contributed by atoms with Gasteiger partial charge in [-0.1, -0.05) is 12.2 Å². The summed E-state index contributed by atoms with van der Waals surface area (Å²) in [7, 11) is 5.83. The molecule has 1 saturated heterocycles. The molecular formula is C25H31N4O5+. The van der Waals surface area contributed by atoms with Gasteiger partial charge in [0.25, 0.3) is 0 Å². The summed E-state index contributed by atoms with van der Waals surface area (Å²) in [6.07, 6.45) is 4.38. The molecule has 2 aliphatic heterocycles. The molecule has 0 amide bonds. The number of aliphatic hydroxyl groups excluding tert-OH is 1. The Bertz CT molecular complexity index is 1150. The number of ether oxygens (including phenoxy) is 2. The Morgan fingerprint density at radius 1 is 1.41 bits per heavy atom. The molecule has 0 saturated carbocycles. The highest BCUT2D eigenvalue weighted by Gasteiger charge is 2.64. The number of hydrogen-bond donors (Lipinski definition) is 2. The topological polar surface area (TPSA) is 111 Å². The van der Waals surface area contributed by atoms with E-state index in [1.807, 2.05) is 33.2 Å². The van der Waals surface area contributed by atoms with Crippen molar-refractivity contribution in [3.8, 4) is 17.6 Å². The SMILES string of the molecule is CCOC(CC#N)=NOC(c1cc(O)c2c3c1C[C@@H]1[C@@H]4C=C[C@H](O)[C@H](O2)[C@]34CCN1C)=[N+](C)C. The summed E-state index contributed by atoms with van der Waals surface area (Å²) in [5.41, 5.74) is 2.35. The van der Waals surface area contributed by atoms with Crippen LogP contribution in [0, 0.1) is 17.2 Å². The Balaban J connectivity index is 1.68. The summed E-state index contributed by atoms with van der Waals surface area (Å²) in [6.45, 7) is 3.08. The normalized spacial score (nSPS) is 30.8. The molecule has 180 valence electrons. The lowest BCUT2D eigenvalue weighted by Crippen LogP contribution is -2.65. The van der Waals surface area contributed by atoms with Crippen LogP contribution in [0.5, 0.6) is 11.5 Å². The van der Waals surface area contributed by atoms with Crippen LogP contribution in [0.25, 0.3) is 0 Å². The summed E-state index contributed by atoms with van der Waals surface area (Å²) in [5, 5.41) is 35.1. The van der Waals surface area contributed by atoms with E-state index in [0.29, 0.717) is 18.3 Å². The zero-order chi connectivity index (χ0) is 24.2. The molecule has 2 aliphatic carbocycles. The fraction of sp³-hybridized carbons (Fsp3) is 0.560. The Hall–Kier alpha value is -3.09. The molecule has 1 aromatic rings. The maximum absolute atomic E-state index is 11.1. The number of aromatic hydroxyl groups is 1. The van der Waals surface area contributed by atoms with E-state index >= 15 is 0 Å². The molecule has 1 fully saturated rings. The van der Waals surface area contributed by atoms with Gasteiger partial charge in [-0.3, -0.25) is 4.84 Å². The molecule has 1 aromatic carbocycles. The van der Waals surface area contributed by atoms with Crippen molar-refractivity contribution in [2.45, 2.75) is 49.9 Å². The second-order valence-electron chi connectivity index (χ2n) is 9.65. The largest absolute Gasteiger partial charge is 0.504 e. The van der Waals surface area contributed by atoms with Crippen LogP contribution in [-0.2, 0) is 21.4 Å². The van der Waals surface area contributed by atoms with Gasteiger partial charge in [-0.05, 0) is 44.1 Å². The minimum Gasteiger partial charge on any atom is -0.504 e. The number of benzene rings is 1. The van der Waals surface area contributed by atoms with E-state index in [-0.39, 0.29) is 30.0 Å². The van der Waals surface area contributed by atoms with Gasteiger partial charge in [0.1, 0.15) is 32.7 Å². The van der Waals surface area contributed by atoms with Crippen molar-refractivity contribution in [1.82, 2.24) is 4.90 Å². The van der Waals surface area contributed by atoms with Crippen molar-refractivity contribution >= 4 is 11.8 Å². The summed E-state index contributed by atoms with van der Waals surface area (Å²) >= 11 is 0. The second kappa shape index (κ2) is 8.29. The van der Waals surface area contributed by atoms with Crippen molar-refractivity contribution < 1.29 is 29.1 Å². The third-order valence-corrected chi connectivity index (χ3v) is 7.69. The van der Waals surface area contributed by atoms with Crippen LogP contribution in [-0.4, -0.2) is 84.0 Å². The minimum absolute atomic E-state index is 0.00571. The van der Waals surface area contributed by atoms with Gasteiger partial charge in [-0.2, -0.15) is 5.26 Å². The van der Waals surface area contributed by atoms with Crippen molar-refractivity contribution in [2.75, 3.05) is 34.3 Å². The predicted molar refractivity (Wildman–Crippen MR) is 124 cm³/mol. The summed E-state index contributed by atoms with van der Waals surface area (Å²) in [4.78, 5) is 8.24. The lowest BCUT2D eigenvalue weighted by molar-refractivity contribution is -0.473. The van der Waals surface area contributed by atoms with E-state index in [9.17, 15) is 10.2 Å². The Morgan fingerprint density at radius 3 is 2.91 bits per heavy atom. The molecule has 9 nitrogen and oxygen atoms in total. The van der Waals surface area contributed by atoms with E-state index < -0.39 is 17.6 Å². The van der Waals surface area contributed by atoms with Gasteiger partial charge in [-0.15, -0.1) is 0 Å². The molecule has 34 heavy (non-hydrogen) atoms. The van der Waals surface area contributed by atoms with Crippen molar-refractivity contribution in [3.63, 3.8) is 0 Å². The molecular weight excluding hydrogens is 436 g/mol. The Kier molecular flexibility index (Phi) is 5.53. The van der Waals surface area contributed by atoms with Crippen molar-refractivity contribution in [1.29, 1.82) is 5.26 Å². The van der Waals surface area contributed by atoms with Gasteiger partial charge >= 0.3 is 5.90 Å². The highest BCUT2D eigenvalue weighted by Crippen LogP contribution is 2.63. The molecule has 2 bridgehead atoms. The predicted octanol–water partition coefficient (Wildman–Crippen LogP) is 1.50. The Labute approximate surface area is 199 Å². The molecule has 4 aliphatic rings. The van der Waals surface area contributed by atoms with E-state index in [0.717, 1.165) is 36.1 Å². The quantitative estimate of drug-likeness (QED) is 0.227. The van der Waals surface area contributed by atoms with Crippen molar-refractivity contribution in [2.24, 2.45) is 11.1 Å². The molecule has 2 N–H and O–H groups in total. The van der Waals surface area contributed by atoms with Gasteiger partial charge in [0, 0.05) is 29.0 Å². The average molecular weight is 468 g/mol. The fourth-order valence-corrected chi connectivity index (χ4v) is 6.32. The number of likely N-dealkylation sites (tertiary alicyclic amines) is 1. The van der Waals surface area contributed by atoms with Gasteiger partial charge in [-0.25, -0.2) is 4.58 Å². The number of aliphatic hydroxyl groups is 1. The van der Waals surface area contributed by atoms with Crippen LogP contribution >= 0.6 is 0 Å². The number of nitriles is 1. The molecule has 2 heterocycles. The maximum atomic E-state index is 11.1. The van der Waals surface area contributed by atoms with Gasteiger partial charge in [0.2, 0.25) is 5.90 Å². The number of oxime groups is 1. The summed E-state index contributed by atoms with van der Waals surface area (Å²) in [5.74, 6) is 1.32. The van der Waals surface area contributed by atoms with Gasteiger partial charge in [0.15, 0.2) is 11.5 Å². The number of hydrogen-bond acceptors (Lipinski definition) is 8. The van der Waals surface area contributed by atoms with Crippen LogP contribution in [0.4, 0.5) is 0 Å². The third kappa shape index (κ3) is 3.12. The zero-order valence-corrected chi connectivity index (χ0v) is 20.0. The lowest BCUT2D eigenvalue weighted by atomic mass is 9.53. The number of nitrogens with zero attached hydrogens (tertiary/aromatic N) is 4. The highest BCUT2D eigenvalue weighted by molar-refractivity contribution is 5.94. The molecule has 0 unspecified atom stereocenters. The molecule has 0 radical (unpaired) electrons. The van der Waals surface area contributed by atoms with Crippen molar-refractivity contribution in [3.05, 3.63) is 34.9 Å². The van der Waals surface area contributed by atoms with Crippen LogP contribution in [0.15, 0.2) is 23.4 Å². The number of piperidine rings is 1. The minimum atomic E-state index is -0.737. The Morgan fingerprint density at radius 2 is 2.21 bits per heavy atom. The van der Waals surface area contributed by atoms with Crippen LogP contribution in [0.1, 0.15) is 36.5 Å². The third-order valence-electron chi connectivity index (χ3n) is 7.69. The van der Waals surface area contributed by atoms with Crippen LogP contribution in [0.2, 0.25) is 0 Å². The van der Waals surface area contributed by atoms with Gasteiger partial charge in [0.05, 0.1) is 18.2 Å². The second-order valence-corrected chi connectivity index (χ2v) is 9.65. The molecule has 9 heteroatoms. The number of phenolic OH excluding ortho intramolecular Hbond substituents is 1. The smallest absolute Gasteiger partial charge is 0.396 e.